The molecule has 30 heavy (non-hydrogen) atoms. The maximum absolute atomic E-state index is 12.6. The highest BCUT2D eigenvalue weighted by atomic mass is 19.4. The molecule has 1 aromatic carbocycles. The number of pyridine rings is 1. The minimum absolute atomic E-state index is 0.0149. The fraction of sp³-hybridized carbons (Fsp3) is 0.286. The second-order valence-electron chi connectivity index (χ2n) is 7.22. The lowest BCUT2D eigenvalue weighted by Crippen LogP contribution is -2.39. The van der Waals surface area contributed by atoms with Gasteiger partial charge in [0.25, 0.3) is 5.91 Å². The maximum atomic E-state index is 12.6. The van der Waals surface area contributed by atoms with Crippen molar-refractivity contribution >= 4 is 17.5 Å². The van der Waals surface area contributed by atoms with E-state index in [4.69, 9.17) is 5.73 Å². The largest absolute Gasteiger partial charge is 0.393 e. The maximum Gasteiger partial charge on any atom is 0.393 e. The van der Waals surface area contributed by atoms with E-state index in [9.17, 15) is 22.8 Å². The van der Waals surface area contributed by atoms with Crippen molar-refractivity contribution in [1.82, 2.24) is 9.88 Å². The number of primary amides is 1. The van der Waals surface area contributed by atoms with Gasteiger partial charge in [-0.15, -0.1) is 6.58 Å². The predicted molar refractivity (Wildman–Crippen MR) is 106 cm³/mol. The molecule has 3 N–H and O–H groups in total. The van der Waals surface area contributed by atoms with Crippen LogP contribution in [-0.2, 0) is 17.8 Å². The van der Waals surface area contributed by atoms with Crippen molar-refractivity contribution in [3.05, 3.63) is 71.6 Å². The van der Waals surface area contributed by atoms with Crippen molar-refractivity contribution < 1.29 is 22.8 Å². The highest BCUT2D eigenvalue weighted by Gasteiger charge is 2.28. The van der Waals surface area contributed by atoms with Crippen molar-refractivity contribution in [2.45, 2.75) is 25.1 Å². The SMILES string of the molecule is C=C[C@H]1CN(CC(N)=O)Cc2cc(NC(=O)c3cncc(CC(F)(F)F)c3)ccc21. The summed E-state index contributed by atoms with van der Waals surface area (Å²) in [6, 6.07) is 6.56. The van der Waals surface area contributed by atoms with E-state index in [0.717, 1.165) is 17.3 Å². The lowest BCUT2D eigenvalue weighted by molar-refractivity contribution is -0.127. The number of carbonyl (C=O) groups is 2. The molecule has 158 valence electrons. The number of fused-ring (bicyclic) bond motifs is 1. The van der Waals surface area contributed by atoms with Crippen LogP contribution in [0.4, 0.5) is 18.9 Å². The predicted octanol–water partition coefficient (Wildman–Crippen LogP) is 3.01. The number of hydrogen-bond donors (Lipinski definition) is 2. The van der Waals surface area contributed by atoms with Crippen LogP contribution in [0.2, 0.25) is 0 Å². The second-order valence-corrected chi connectivity index (χ2v) is 7.22. The molecule has 0 aliphatic carbocycles. The quantitative estimate of drug-likeness (QED) is 0.706. The smallest absolute Gasteiger partial charge is 0.369 e. The molecule has 0 saturated heterocycles. The van der Waals surface area contributed by atoms with Gasteiger partial charge < -0.3 is 11.1 Å². The molecule has 1 aliphatic heterocycles. The van der Waals surface area contributed by atoms with Gasteiger partial charge in [0.15, 0.2) is 0 Å². The first kappa shape index (κ1) is 21.5. The van der Waals surface area contributed by atoms with Crippen LogP contribution < -0.4 is 11.1 Å². The lowest BCUT2D eigenvalue weighted by atomic mass is 9.89. The van der Waals surface area contributed by atoms with Gasteiger partial charge in [-0.1, -0.05) is 12.1 Å². The highest BCUT2D eigenvalue weighted by molar-refractivity contribution is 6.04. The van der Waals surface area contributed by atoms with Gasteiger partial charge in [0.1, 0.15) is 0 Å². The third kappa shape index (κ3) is 5.44. The standard InChI is InChI=1S/C21H21F3N4O2/c1-2-14-10-28(12-19(25)29)11-16-6-17(3-4-18(14)16)27-20(30)15-5-13(8-26-9-15)7-21(22,23)24/h2-6,8-9,14H,1,7,10-12H2,(H2,25,29)(H,27,30)/t14-/m0/s1. The molecule has 2 heterocycles. The zero-order valence-corrected chi connectivity index (χ0v) is 16.1. The van der Waals surface area contributed by atoms with Crippen LogP contribution in [0.25, 0.3) is 0 Å². The number of anilines is 1. The first-order chi connectivity index (χ1) is 14.1. The van der Waals surface area contributed by atoms with E-state index in [0.29, 0.717) is 18.8 Å². The van der Waals surface area contributed by atoms with Crippen molar-refractivity contribution in [3.8, 4) is 0 Å². The fourth-order valence-corrected chi connectivity index (χ4v) is 3.55. The number of rotatable bonds is 6. The van der Waals surface area contributed by atoms with Gasteiger partial charge in [0.05, 0.1) is 18.5 Å². The van der Waals surface area contributed by atoms with Crippen LogP contribution in [0.1, 0.15) is 33.0 Å². The molecule has 2 amide bonds. The third-order valence-electron chi connectivity index (χ3n) is 4.77. The van der Waals surface area contributed by atoms with Gasteiger partial charge in [-0.2, -0.15) is 13.2 Å². The fourth-order valence-electron chi connectivity index (χ4n) is 3.55. The summed E-state index contributed by atoms with van der Waals surface area (Å²) in [6.07, 6.45) is -1.43. The van der Waals surface area contributed by atoms with E-state index in [1.807, 2.05) is 11.0 Å². The molecule has 1 atom stereocenters. The number of amides is 2. The Kier molecular flexibility index (Phi) is 6.21. The normalized spacial score (nSPS) is 16.6. The zero-order chi connectivity index (χ0) is 21.9. The Morgan fingerprint density at radius 2 is 2.07 bits per heavy atom. The number of nitrogens with zero attached hydrogens (tertiary/aromatic N) is 2. The van der Waals surface area contributed by atoms with Crippen LogP contribution in [0, 0.1) is 0 Å². The van der Waals surface area contributed by atoms with E-state index in [1.54, 1.807) is 18.2 Å². The number of nitrogens with two attached hydrogens (primary N) is 1. The van der Waals surface area contributed by atoms with Crippen molar-refractivity contribution in [2.24, 2.45) is 5.73 Å². The Hall–Kier alpha value is -3.20. The zero-order valence-electron chi connectivity index (χ0n) is 16.1. The number of halogens is 3. The first-order valence-corrected chi connectivity index (χ1v) is 9.22. The lowest BCUT2D eigenvalue weighted by Gasteiger charge is -2.32. The van der Waals surface area contributed by atoms with Crippen LogP contribution >= 0.6 is 0 Å². The average molecular weight is 418 g/mol. The minimum Gasteiger partial charge on any atom is -0.369 e. The van der Waals surface area contributed by atoms with Crippen molar-refractivity contribution in [2.75, 3.05) is 18.4 Å². The Bertz CT molecular complexity index is 975. The Morgan fingerprint density at radius 1 is 1.30 bits per heavy atom. The summed E-state index contributed by atoms with van der Waals surface area (Å²) in [5, 5.41) is 2.69. The van der Waals surface area contributed by atoms with Crippen LogP contribution in [-0.4, -0.2) is 41.0 Å². The van der Waals surface area contributed by atoms with Crippen LogP contribution in [0.3, 0.4) is 0 Å². The molecule has 0 unspecified atom stereocenters. The molecule has 0 saturated carbocycles. The number of nitrogens with one attached hydrogen (secondary N) is 1. The van der Waals surface area contributed by atoms with Crippen LogP contribution in [0.5, 0.6) is 0 Å². The summed E-state index contributed by atoms with van der Waals surface area (Å²) in [5.74, 6) is -0.977. The van der Waals surface area contributed by atoms with Crippen molar-refractivity contribution in [1.29, 1.82) is 0 Å². The number of hydrogen-bond acceptors (Lipinski definition) is 4. The van der Waals surface area contributed by atoms with E-state index in [1.165, 1.54) is 12.3 Å². The van der Waals surface area contributed by atoms with E-state index in [-0.39, 0.29) is 23.6 Å². The summed E-state index contributed by atoms with van der Waals surface area (Å²) in [6.45, 7) is 5.05. The average Bonchev–Trinajstić information content (AvgIpc) is 2.65. The van der Waals surface area contributed by atoms with Gasteiger partial charge in [-0.3, -0.25) is 19.5 Å². The summed E-state index contributed by atoms with van der Waals surface area (Å²) in [4.78, 5) is 29.4. The van der Waals surface area contributed by atoms with Crippen molar-refractivity contribution in [3.63, 3.8) is 0 Å². The van der Waals surface area contributed by atoms with Crippen LogP contribution in [0.15, 0.2) is 49.3 Å². The summed E-state index contributed by atoms with van der Waals surface area (Å²) in [7, 11) is 0. The Labute approximate surface area is 171 Å². The molecule has 0 bridgehead atoms. The second kappa shape index (κ2) is 8.66. The first-order valence-electron chi connectivity index (χ1n) is 9.22. The van der Waals surface area contributed by atoms with Gasteiger partial charge in [-0.05, 0) is 34.9 Å². The molecular formula is C21H21F3N4O2. The molecular weight excluding hydrogens is 397 g/mol. The van der Waals surface area contributed by atoms with Gasteiger partial charge in [-0.25, -0.2) is 0 Å². The molecule has 3 rings (SSSR count). The van der Waals surface area contributed by atoms with E-state index >= 15 is 0 Å². The van der Waals surface area contributed by atoms with E-state index in [2.05, 4.69) is 16.9 Å². The minimum atomic E-state index is -4.38. The Balaban J connectivity index is 1.78. The monoisotopic (exact) mass is 418 g/mol. The molecule has 0 fully saturated rings. The van der Waals surface area contributed by atoms with Gasteiger partial charge in [0.2, 0.25) is 5.91 Å². The number of carbonyl (C=O) groups excluding carboxylic acids is 2. The molecule has 0 radical (unpaired) electrons. The van der Waals surface area contributed by atoms with Gasteiger partial charge in [0, 0.05) is 37.1 Å². The van der Waals surface area contributed by atoms with E-state index < -0.39 is 24.4 Å². The molecule has 1 aliphatic rings. The molecule has 2 aromatic rings. The molecule has 0 spiro atoms. The van der Waals surface area contributed by atoms with Gasteiger partial charge >= 0.3 is 6.18 Å². The number of alkyl halides is 3. The number of aromatic nitrogens is 1. The summed E-state index contributed by atoms with van der Waals surface area (Å²) in [5.41, 5.74) is 7.69. The summed E-state index contributed by atoms with van der Waals surface area (Å²) < 4.78 is 37.8. The highest BCUT2D eigenvalue weighted by Crippen LogP contribution is 2.31. The third-order valence-corrected chi connectivity index (χ3v) is 4.77. The molecule has 6 nitrogen and oxygen atoms in total. The molecule has 1 aromatic heterocycles. The Morgan fingerprint density at radius 3 is 2.73 bits per heavy atom. The summed E-state index contributed by atoms with van der Waals surface area (Å²) >= 11 is 0. The number of benzene rings is 1. The topological polar surface area (TPSA) is 88.3 Å². The molecule has 9 heteroatoms.